The van der Waals surface area contributed by atoms with E-state index in [1.54, 1.807) is 24.3 Å². The Kier molecular flexibility index (Phi) is 6.64. The SMILES string of the molecule is CCCCCCNC(=O)c1ccccc1C(=O)OC. The average Bonchev–Trinajstić information content (AvgIpc) is 2.46. The second-order valence-electron chi connectivity index (χ2n) is 4.35. The van der Waals surface area contributed by atoms with Crippen LogP contribution in [-0.2, 0) is 4.74 Å². The number of carbonyl (C=O) groups excluding carboxylic acids is 2. The van der Waals surface area contributed by atoms with Gasteiger partial charge in [-0.2, -0.15) is 0 Å². The minimum absolute atomic E-state index is 0.225. The summed E-state index contributed by atoms with van der Waals surface area (Å²) in [7, 11) is 1.31. The molecule has 4 nitrogen and oxygen atoms in total. The molecular formula is C15H21NO3. The van der Waals surface area contributed by atoms with Crippen molar-refractivity contribution in [3.8, 4) is 0 Å². The van der Waals surface area contributed by atoms with Gasteiger partial charge >= 0.3 is 5.97 Å². The maximum absolute atomic E-state index is 12.0. The summed E-state index contributed by atoms with van der Waals surface area (Å²) < 4.78 is 4.67. The van der Waals surface area contributed by atoms with Crippen LogP contribution in [-0.4, -0.2) is 25.5 Å². The van der Waals surface area contributed by atoms with Gasteiger partial charge in [-0.1, -0.05) is 38.3 Å². The van der Waals surface area contributed by atoms with E-state index in [0.717, 1.165) is 12.8 Å². The Hall–Kier alpha value is -1.84. The van der Waals surface area contributed by atoms with Crippen molar-refractivity contribution in [2.75, 3.05) is 13.7 Å². The number of carbonyl (C=O) groups is 2. The molecule has 1 rings (SSSR count). The topological polar surface area (TPSA) is 55.4 Å². The molecule has 1 amide bonds. The summed E-state index contributed by atoms with van der Waals surface area (Å²) in [5, 5.41) is 2.83. The van der Waals surface area contributed by atoms with Gasteiger partial charge in [-0.3, -0.25) is 4.79 Å². The average molecular weight is 263 g/mol. The third-order valence-corrected chi connectivity index (χ3v) is 2.89. The van der Waals surface area contributed by atoms with E-state index >= 15 is 0 Å². The van der Waals surface area contributed by atoms with E-state index in [1.165, 1.54) is 20.0 Å². The van der Waals surface area contributed by atoms with E-state index in [9.17, 15) is 9.59 Å². The molecule has 0 spiro atoms. The van der Waals surface area contributed by atoms with Crippen molar-refractivity contribution >= 4 is 11.9 Å². The summed E-state index contributed by atoms with van der Waals surface area (Å²) in [6.07, 6.45) is 4.41. The molecule has 19 heavy (non-hydrogen) atoms. The highest BCUT2D eigenvalue weighted by Gasteiger charge is 2.16. The highest BCUT2D eigenvalue weighted by molar-refractivity contribution is 6.05. The van der Waals surface area contributed by atoms with Gasteiger partial charge in [0.2, 0.25) is 0 Å². The Morgan fingerprint density at radius 3 is 2.42 bits per heavy atom. The summed E-state index contributed by atoms with van der Waals surface area (Å²) in [6, 6.07) is 6.67. The van der Waals surface area contributed by atoms with E-state index in [4.69, 9.17) is 0 Å². The fourth-order valence-corrected chi connectivity index (χ4v) is 1.82. The quantitative estimate of drug-likeness (QED) is 0.608. The van der Waals surface area contributed by atoms with Crippen LogP contribution in [0.2, 0.25) is 0 Å². The largest absolute Gasteiger partial charge is 0.465 e. The van der Waals surface area contributed by atoms with Gasteiger partial charge in [-0.15, -0.1) is 0 Å². The summed E-state index contributed by atoms with van der Waals surface area (Å²) in [6.45, 7) is 2.78. The normalized spacial score (nSPS) is 10.0. The number of unbranched alkanes of at least 4 members (excludes halogenated alkanes) is 3. The molecule has 0 heterocycles. The van der Waals surface area contributed by atoms with Crippen LogP contribution in [0.15, 0.2) is 24.3 Å². The van der Waals surface area contributed by atoms with Gasteiger partial charge in [0.1, 0.15) is 0 Å². The van der Waals surface area contributed by atoms with Crippen LogP contribution < -0.4 is 5.32 Å². The van der Waals surface area contributed by atoms with Crippen molar-refractivity contribution in [3.63, 3.8) is 0 Å². The van der Waals surface area contributed by atoms with Crippen LogP contribution in [0, 0.1) is 0 Å². The standard InChI is InChI=1S/C15H21NO3/c1-3-4-5-8-11-16-14(17)12-9-6-7-10-13(12)15(18)19-2/h6-7,9-10H,3-5,8,11H2,1-2H3,(H,16,17). The molecule has 0 aliphatic rings. The number of nitrogens with one attached hydrogen (secondary N) is 1. The first kappa shape index (κ1) is 15.2. The van der Waals surface area contributed by atoms with E-state index in [1.807, 2.05) is 0 Å². The lowest BCUT2D eigenvalue weighted by molar-refractivity contribution is 0.0596. The zero-order valence-electron chi connectivity index (χ0n) is 11.6. The van der Waals surface area contributed by atoms with Crippen molar-refractivity contribution < 1.29 is 14.3 Å². The maximum atomic E-state index is 12.0. The second-order valence-corrected chi connectivity index (χ2v) is 4.35. The summed E-state index contributed by atoms with van der Waals surface area (Å²) in [4.78, 5) is 23.6. The lowest BCUT2D eigenvalue weighted by atomic mass is 10.1. The number of rotatable bonds is 7. The number of esters is 1. The number of ether oxygens (including phenoxy) is 1. The first-order chi connectivity index (χ1) is 9.20. The van der Waals surface area contributed by atoms with Crippen molar-refractivity contribution in [3.05, 3.63) is 35.4 Å². The molecule has 1 N–H and O–H groups in total. The molecule has 0 aliphatic carbocycles. The Bertz CT molecular complexity index is 429. The minimum Gasteiger partial charge on any atom is -0.465 e. The zero-order valence-corrected chi connectivity index (χ0v) is 11.6. The molecule has 0 radical (unpaired) electrons. The monoisotopic (exact) mass is 263 g/mol. The highest BCUT2D eigenvalue weighted by atomic mass is 16.5. The van der Waals surface area contributed by atoms with Crippen LogP contribution in [0.3, 0.4) is 0 Å². The molecule has 0 saturated heterocycles. The smallest absolute Gasteiger partial charge is 0.338 e. The molecule has 1 aromatic rings. The number of benzene rings is 1. The first-order valence-corrected chi connectivity index (χ1v) is 6.66. The molecule has 104 valence electrons. The predicted molar refractivity (Wildman–Crippen MR) is 74.3 cm³/mol. The fourth-order valence-electron chi connectivity index (χ4n) is 1.82. The summed E-state index contributed by atoms with van der Waals surface area (Å²) >= 11 is 0. The Morgan fingerprint density at radius 1 is 1.11 bits per heavy atom. The lowest BCUT2D eigenvalue weighted by Crippen LogP contribution is -2.26. The Morgan fingerprint density at radius 2 is 1.79 bits per heavy atom. The van der Waals surface area contributed by atoms with Gasteiger partial charge in [0.25, 0.3) is 5.91 Å². The molecule has 0 atom stereocenters. The van der Waals surface area contributed by atoms with Crippen LogP contribution in [0.25, 0.3) is 0 Å². The third kappa shape index (κ3) is 4.73. The molecule has 0 saturated carbocycles. The summed E-state index contributed by atoms with van der Waals surface area (Å²) in [5.74, 6) is -0.714. The number of methoxy groups -OCH3 is 1. The molecule has 0 unspecified atom stereocenters. The molecule has 0 bridgehead atoms. The van der Waals surface area contributed by atoms with Crippen LogP contribution in [0.4, 0.5) is 0 Å². The van der Waals surface area contributed by atoms with Gasteiger partial charge in [-0.05, 0) is 18.6 Å². The Labute approximate surface area is 114 Å². The van der Waals surface area contributed by atoms with Gasteiger partial charge < -0.3 is 10.1 Å². The number of hydrogen-bond acceptors (Lipinski definition) is 3. The van der Waals surface area contributed by atoms with E-state index in [0.29, 0.717) is 17.7 Å². The molecule has 0 aromatic heterocycles. The zero-order chi connectivity index (χ0) is 14.1. The van der Waals surface area contributed by atoms with E-state index in [2.05, 4.69) is 17.0 Å². The predicted octanol–water partition coefficient (Wildman–Crippen LogP) is 2.78. The highest BCUT2D eigenvalue weighted by Crippen LogP contribution is 2.10. The number of amides is 1. The van der Waals surface area contributed by atoms with Gasteiger partial charge in [0.05, 0.1) is 18.2 Å². The second kappa shape index (κ2) is 8.29. The van der Waals surface area contributed by atoms with Gasteiger partial charge in [-0.25, -0.2) is 4.79 Å². The molecule has 0 fully saturated rings. The van der Waals surface area contributed by atoms with Gasteiger partial charge in [0.15, 0.2) is 0 Å². The molecular weight excluding hydrogens is 242 g/mol. The van der Waals surface area contributed by atoms with Crippen LogP contribution in [0.5, 0.6) is 0 Å². The van der Waals surface area contributed by atoms with Crippen LogP contribution in [0.1, 0.15) is 53.3 Å². The van der Waals surface area contributed by atoms with Crippen molar-refractivity contribution in [2.24, 2.45) is 0 Å². The van der Waals surface area contributed by atoms with Crippen molar-refractivity contribution in [1.82, 2.24) is 5.32 Å². The minimum atomic E-state index is -0.489. The van der Waals surface area contributed by atoms with Crippen molar-refractivity contribution in [1.29, 1.82) is 0 Å². The lowest BCUT2D eigenvalue weighted by Gasteiger charge is -2.08. The summed E-state index contributed by atoms with van der Waals surface area (Å²) in [5.41, 5.74) is 0.667. The van der Waals surface area contributed by atoms with Crippen molar-refractivity contribution in [2.45, 2.75) is 32.6 Å². The molecule has 0 aliphatic heterocycles. The van der Waals surface area contributed by atoms with Crippen LogP contribution >= 0.6 is 0 Å². The van der Waals surface area contributed by atoms with E-state index in [-0.39, 0.29) is 5.91 Å². The molecule has 4 heteroatoms. The maximum Gasteiger partial charge on any atom is 0.338 e. The third-order valence-electron chi connectivity index (χ3n) is 2.89. The molecule has 1 aromatic carbocycles. The Balaban J connectivity index is 2.59. The van der Waals surface area contributed by atoms with E-state index < -0.39 is 5.97 Å². The first-order valence-electron chi connectivity index (χ1n) is 6.66. The van der Waals surface area contributed by atoms with Gasteiger partial charge in [0, 0.05) is 6.54 Å². The number of hydrogen-bond donors (Lipinski definition) is 1. The fraction of sp³-hybridized carbons (Fsp3) is 0.467.